The SMILES string of the molecule is CN=C(NCc1ccc(Oc2ccc(F)cc2)nc1)NCc1nc(C)c(C)s1. The number of aryl methyl sites for hydroxylation is 2. The molecule has 0 unspecified atom stereocenters. The zero-order valence-electron chi connectivity index (χ0n) is 16.0. The van der Waals surface area contributed by atoms with E-state index in [0.29, 0.717) is 30.7 Å². The Morgan fingerprint density at radius 3 is 2.46 bits per heavy atom. The molecule has 3 rings (SSSR count). The lowest BCUT2D eigenvalue weighted by atomic mass is 10.3. The fourth-order valence-corrected chi connectivity index (χ4v) is 3.25. The van der Waals surface area contributed by atoms with Crippen molar-refractivity contribution < 1.29 is 9.13 Å². The van der Waals surface area contributed by atoms with E-state index in [2.05, 4.69) is 32.5 Å². The van der Waals surface area contributed by atoms with Crippen LogP contribution in [0.4, 0.5) is 4.39 Å². The molecule has 28 heavy (non-hydrogen) atoms. The number of benzene rings is 1. The van der Waals surface area contributed by atoms with Crippen LogP contribution in [0.1, 0.15) is 21.1 Å². The number of ether oxygens (including phenoxy) is 1. The minimum atomic E-state index is -0.302. The van der Waals surface area contributed by atoms with Gasteiger partial charge < -0.3 is 15.4 Å². The number of nitrogens with one attached hydrogen (secondary N) is 2. The van der Waals surface area contributed by atoms with E-state index in [1.54, 1.807) is 42.8 Å². The largest absolute Gasteiger partial charge is 0.439 e. The zero-order valence-corrected chi connectivity index (χ0v) is 16.8. The van der Waals surface area contributed by atoms with Crippen molar-refractivity contribution in [3.8, 4) is 11.6 Å². The second-order valence-electron chi connectivity index (χ2n) is 6.09. The van der Waals surface area contributed by atoms with E-state index in [1.807, 2.05) is 13.0 Å². The average molecular weight is 399 g/mol. The lowest BCUT2D eigenvalue weighted by Crippen LogP contribution is -2.36. The summed E-state index contributed by atoms with van der Waals surface area (Å²) in [6.07, 6.45) is 1.73. The minimum Gasteiger partial charge on any atom is -0.439 e. The highest BCUT2D eigenvalue weighted by Crippen LogP contribution is 2.19. The van der Waals surface area contributed by atoms with Crippen LogP contribution in [0.2, 0.25) is 0 Å². The van der Waals surface area contributed by atoms with Gasteiger partial charge in [0.15, 0.2) is 5.96 Å². The molecule has 0 radical (unpaired) electrons. The summed E-state index contributed by atoms with van der Waals surface area (Å²) in [4.78, 5) is 14.2. The number of halogens is 1. The van der Waals surface area contributed by atoms with E-state index in [-0.39, 0.29) is 5.82 Å². The molecule has 6 nitrogen and oxygen atoms in total. The van der Waals surface area contributed by atoms with Crippen LogP contribution in [0, 0.1) is 19.7 Å². The van der Waals surface area contributed by atoms with E-state index >= 15 is 0 Å². The number of thiazole rings is 1. The van der Waals surface area contributed by atoms with Gasteiger partial charge in [-0.05, 0) is 43.7 Å². The molecule has 0 aliphatic heterocycles. The van der Waals surface area contributed by atoms with Crippen molar-refractivity contribution in [2.45, 2.75) is 26.9 Å². The third-order valence-corrected chi connectivity index (χ3v) is 5.07. The Kier molecular flexibility index (Phi) is 6.54. The van der Waals surface area contributed by atoms with Gasteiger partial charge >= 0.3 is 0 Å². The van der Waals surface area contributed by atoms with Crippen LogP contribution >= 0.6 is 11.3 Å². The molecular weight excluding hydrogens is 377 g/mol. The highest BCUT2D eigenvalue weighted by Gasteiger charge is 2.05. The molecule has 0 spiro atoms. The quantitative estimate of drug-likeness (QED) is 0.485. The van der Waals surface area contributed by atoms with Crippen LogP contribution in [0.5, 0.6) is 11.6 Å². The molecule has 146 valence electrons. The third kappa shape index (κ3) is 5.50. The second kappa shape index (κ2) is 9.27. The fraction of sp³-hybridized carbons (Fsp3) is 0.250. The average Bonchev–Trinajstić information content (AvgIpc) is 3.02. The van der Waals surface area contributed by atoms with Gasteiger partial charge in [0.05, 0.1) is 12.2 Å². The predicted octanol–water partition coefficient (Wildman–Crippen LogP) is 3.95. The van der Waals surface area contributed by atoms with Gasteiger partial charge in [-0.25, -0.2) is 14.4 Å². The first-order valence-electron chi connectivity index (χ1n) is 8.79. The first-order chi connectivity index (χ1) is 13.5. The summed E-state index contributed by atoms with van der Waals surface area (Å²) in [5.74, 6) is 1.38. The van der Waals surface area contributed by atoms with Gasteiger partial charge in [-0.3, -0.25) is 4.99 Å². The molecule has 0 aliphatic carbocycles. The van der Waals surface area contributed by atoms with Crippen molar-refractivity contribution in [2.24, 2.45) is 4.99 Å². The van der Waals surface area contributed by atoms with Crippen molar-refractivity contribution in [2.75, 3.05) is 7.05 Å². The van der Waals surface area contributed by atoms with Crippen molar-refractivity contribution >= 4 is 17.3 Å². The lowest BCUT2D eigenvalue weighted by molar-refractivity contribution is 0.461. The summed E-state index contributed by atoms with van der Waals surface area (Å²) in [7, 11) is 1.73. The number of hydrogen-bond acceptors (Lipinski definition) is 5. The summed E-state index contributed by atoms with van der Waals surface area (Å²) < 4.78 is 18.5. The van der Waals surface area contributed by atoms with Gasteiger partial charge in [-0.1, -0.05) is 6.07 Å². The summed E-state index contributed by atoms with van der Waals surface area (Å²) in [6, 6.07) is 9.51. The Morgan fingerprint density at radius 1 is 1.11 bits per heavy atom. The Morgan fingerprint density at radius 2 is 1.86 bits per heavy atom. The van der Waals surface area contributed by atoms with Gasteiger partial charge in [0.2, 0.25) is 5.88 Å². The fourth-order valence-electron chi connectivity index (χ4n) is 2.38. The second-order valence-corrected chi connectivity index (χ2v) is 7.38. The molecule has 0 amide bonds. The van der Waals surface area contributed by atoms with E-state index in [0.717, 1.165) is 16.3 Å². The monoisotopic (exact) mass is 399 g/mol. The third-order valence-electron chi connectivity index (χ3n) is 4.00. The molecule has 2 aromatic heterocycles. The van der Waals surface area contributed by atoms with E-state index in [4.69, 9.17) is 4.74 Å². The molecule has 0 atom stereocenters. The van der Waals surface area contributed by atoms with Crippen molar-refractivity contribution in [1.82, 2.24) is 20.6 Å². The minimum absolute atomic E-state index is 0.302. The van der Waals surface area contributed by atoms with Crippen molar-refractivity contribution in [1.29, 1.82) is 0 Å². The van der Waals surface area contributed by atoms with Gasteiger partial charge in [0.25, 0.3) is 0 Å². The summed E-state index contributed by atoms with van der Waals surface area (Å²) in [6.45, 7) is 5.28. The van der Waals surface area contributed by atoms with Gasteiger partial charge in [0, 0.05) is 30.7 Å². The standard InChI is InChI=1S/C20H22FN5OS/c1-13-14(2)28-19(26-13)12-25-20(22-3)24-11-15-4-9-18(23-10-15)27-17-7-5-16(21)6-8-17/h4-10H,11-12H2,1-3H3,(H2,22,24,25). The molecular formula is C20H22FN5OS. The van der Waals surface area contributed by atoms with Gasteiger partial charge in [-0.2, -0.15) is 0 Å². The smallest absolute Gasteiger partial charge is 0.219 e. The van der Waals surface area contributed by atoms with Crippen LogP contribution in [0.15, 0.2) is 47.6 Å². The summed E-state index contributed by atoms with van der Waals surface area (Å²) in [5.41, 5.74) is 2.05. The lowest BCUT2D eigenvalue weighted by Gasteiger charge is -2.11. The molecule has 0 aliphatic rings. The molecule has 0 saturated carbocycles. The van der Waals surface area contributed by atoms with Crippen LogP contribution < -0.4 is 15.4 Å². The molecule has 2 heterocycles. The van der Waals surface area contributed by atoms with Crippen LogP contribution in [-0.4, -0.2) is 23.0 Å². The highest BCUT2D eigenvalue weighted by atomic mass is 32.1. The van der Waals surface area contributed by atoms with Crippen LogP contribution in [0.25, 0.3) is 0 Å². The number of aromatic nitrogens is 2. The number of hydrogen-bond donors (Lipinski definition) is 2. The number of rotatable bonds is 6. The number of nitrogens with zero attached hydrogens (tertiary/aromatic N) is 3. The topological polar surface area (TPSA) is 71.4 Å². The molecule has 1 aromatic carbocycles. The molecule has 2 N–H and O–H groups in total. The predicted molar refractivity (Wildman–Crippen MR) is 109 cm³/mol. The molecule has 8 heteroatoms. The molecule has 0 bridgehead atoms. The van der Waals surface area contributed by atoms with Crippen molar-refractivity contribution in [3.05, 3.63) is 69.6 Å². The van der Waals surface area contributed by atoms with Crippen LogP contribution in [0.3, 0.4) is 0 Å². The van der Waals surface area contributed by atoms with E-state index < -0.39 is 0 Å². The Bertz CT molecular complexity index is 919. The Balaban J connectivity index is 1.49. The van der Waals surface area contributed by atoms with E-state index in [1.165, 1.54) is 17.0 Å². The maximum absolute atomic E-state index is 12.9. The summed E-state index contributed by atoms with van der Waals surface area (Å²) in [5, 5.41) is 7.53. The maximum Gasteiger partial charge on any atom is 0.219 e. The number of pyridine rings is 1. The molecule has 3 aromatic rings. The zero-order chi connectivity index (χ0) is 19.9. The maximum atomic E-state index is 12.9. The van der Waals surface area contributed by atoms with Crippen molar-refractivity contribution in [3.63, 3.8) is 0 Å². The number of aliphatic imine (C=N–C) groups is 1. The molecule has 0 saturated heterocycles. The van der Waals surface area contributed by atoms with Crippen LogP contribution in [-0.2, 0) is 13.1 Å². The first-order valence-corrected chi connectivity index (χ1v) is 9.61. The van der Waals surface area contributed by atoms with Gasteiger partial charge in [0.1, 0.15) is 16.6 Å². The first kappa shape index (κ1) is 19.8. The number of guanidine groups is 1. The Labute approximate surface area is 167 Å². The summed E-state index contributed by atoms with van der Waals surface area (Å²) >= 11 is 1.68. The van der Waals surface area contributed by atoms with Gasteiger partial charge in [-0.15, -0.1) is 11.3 Å². The Hall–Kier alpha value is -3.00. The molecule has 0 fully saturated rings. The van der Waals surface area contributed by atoms with E-state index in [9.17, 15) is 4.39 Å². The normalized spacial score (nSPS) is 11.4. The highest BCUT2D eigenvalue weighted by molar-refractivity contribution is 7.11.